The number of carbonyl (C=O) groups excluding carboxylic acids is 1. The largest absolute Gasteiger partial charge is 0.393 e. The molecule has 19 heavy (non-hydrogen) atoms. The third kappa shape index (κ3) is 3.51. The normalized spacial score (nSPS) is 20.6. The molecule has 104 valence electrons. The van der Waals surface area contributed by atoms with Crippen molar-refractivity contribution in [3.63, 3.8) is 0 Å². The summed E-state index contributed by atoms with van der Waals surface area (Å²) >= 11 is 1.75. The van der Waals surface area contributed by atoms with Crippen LogP contribution in [0.1, 0.15) is 29.3 Å². The molecule has 1 aromatic rings. The second kappa shape index (κ2) is 6.44. The SMILES string of the molecule is CSCc1cccc(C(=O)N2CCC(C(C)O)C2)c1. The van der Waals surface area contributed by atoms with Crippen LogP contribution >= 0.6 is 11.8 Å². The second-order valence-electron chi connectivity index (χ2n) is 5.17. The van der Waals surface area contributed by atoms with E-state index in [4.69, 9.17) is 0 Å². The van der Waals surface area contributed by atoms with Gasteiger partial charge in [-0.15, -0.1) is 0 Å². The summed E-state index contributed by atoms with van der Waals surface area (Å²) in [5.41, 5.74) is 1.95. The third-order valence-electron chi connectivity index (χ3n) is 3.68. The molecule has 1 aliphatic heterocycles. The molecule has 2 unspecified atom stereocenters. The number of benzene rings is 1. The molecular formula is C15H21NO2S. The lowest BCUT2D eigenvalue weighted by atomic mass is 10.0. The van der Waals surface area contributed by atoms with E-state index in [1.165, 1.54) is 5.56 Å². The highest BCUT2D eigenvalue weighted by molar-refractivity contribution is 7.97. The molecule has 1 amide bonds. The minimum Gasteiger partial charge on any atom is -0.393 e. The summed E-state index contributed by atoms with van der Waals surface area (Å²) in [5.74, 6) is 1.24. The van der Waals surface area contributed by atoms with Crippen LogP contribution in [0.15, 0.2) is 24.3 Å². The second-order valence-corrected chi connectivity index (χ2v) is 6.04. The van der Waals surface area contributed by atoms with Crippen LogP contribution in [0, 0.1) is 5.92 Å². The van der Waals surface area contributed by atoms with E-state index in [2.05, 4.69) is 12.3 Å². The van der Waals surface area contributed by atoms with Crippen LogP contribution in [-0.2, 0) is 5.75 Å². The van der Waals surface area contributed by atoms with Crippen molar-refractivity contribution >= 4 is 17.7 Å². The Labute approximate surface area is 119 Å². The maximum atomic E-state index is 12.4. The van der Waals surface area contributed by atoms with Gasteiger partial charge in [-0.1, -0.05) is 12.1 Å². The van der Waals surface area contributed by atoms with E-state index < -0.39 is 0 Å². The lowest BCUT2D eigenvalue weighted by molar-refractivity contribution is 0.0762. The summed E-state index contributed by atoms with van der Waals surface area (Å²) in [6.45, 7) is 3.22. The summed E-state index contributed by atoms with van der Waals surface area (Å²) in [5, 5.41) is 9.60. The highest BCUT2D eigenvalue weighted by Gasteiger charge is 2.29. The number of aliphatic hydroxyl groups excluding tert-OH is 1. The van der Waals surface area contributed by atoms with E-state index in [9.17, 15) is 9.90 Å². The van der Waals surface area contributed by atoms with E-state index in [1.54, 1.807) is 18.7 Å². The first-order chi connectivity index (χ1) is 9.11. The van der Waals surface area contributed by atoms with Crippen molar-refractivity contribution < 1.29 is 9.90 Å². The summed E-state index contributed by atoms with van der Waals surface area (Å²) in [4.78, 5) is 14.3. The van der Waals surface area contributed by atoms with Gasteiger partial charge in [-0.2, -0.15) is 11.8 Å². The van der Waals surface area contributed by atoms with Crippen LogP contribution < -0.4 is 0 Å². The molecule has 0 spiro atoms. The molecule has 4 heteroatoms. The number of likely N-dealkylation sites (tertiary alicyclic amines) is 1. The Bertz CT molecular complexity index is 448. The molecule has 1 fully saturated rings. The van der Waals surface area contributed by atoms with Crippen LogP contribution in [0.25, 0.3) is 0 Å². The fraction of sp³-hybridized carbons (Fsp3) is 0.533. The summed E-state index contributed by atoms with van der Waals surface area (Å²) < 4.78 is 0. The summed E-state index contributed by atoms with van der Waals surface area (Å²) in [6.07, 6.45) is 2.62. The van der Waals surface area contributed by atoms with Gasteiger partial charge < -0.3 is 10.0 Å². The van der Waals surface area contributed by atoms with E-state index in [1.807, 2.05) is 23.1 Å². The standard InChI is InChI=1S/C15H21NO2S/c1-11(17)14-6-7-16(9-14)15(18)13-5-3-4-12(8-13)10-19-2/h3-5,8,11,14,17H,6-7,9-10H2,1-2H3. The Kier molecular flexibility index (Phi) is 4.88. The highest BCUT2D eigenvalue weighted by atomic mass is 32.2. The topological polar surface area (TPSA) is 40.5 Å². The molecule has 0 saturated carbocycles. The number of hydrogen-bond acceptors (Lipinski definition) is 3. The number of carbonyl (C=O) groups is 1. The highest BCUT2D eigenvalue weighted by Crippen LogP contribution is 2.22. The summed E-state index contributed by atoms with van der Waals surface area (Å²) in [6, 6.07) is 7.85. The van der Waals surface area contributed by atoms with Gasteiger partial charge in [0.1, 0.15) is 0 Å². The van der Waals surface area contributed by atoms with Gasteiger partial charge in [0.05, 0.1) is 6.10 Å². The van der Waals surface area contributed by atoms with Gasteiger partial charge in [0, 0.05) is 30.3 Å². The van der Waals surface area contributed by atoms with E-state index >= 15 is 0 Å². The van der Waals surface area contributed by atoms with Gasteiger partial charge in [0.15, 0.2) is 0 Å². The molecule has 0 bridgehead atoms. The van der Waals surface area contributed by atoms with Gasteiger partial charge in [-0.05, 0) is 37.3 Å². The van der Waals surface area contributed by atoms with Crippen molar-refractivity contribution in [3.05, 3.63) is 35.4 Å². The Morgan fingerprint density at radius 3 is 3.00 bits per heavy atom. The van der Waals surface area contributed by atoms with Crippen LogP contribution in [0.5, 0.6) is 0 Å². The number of thioether (sulfide) groups is 1. The maximum absolute atomic E-state index is 12.4. The Morgan fingerprint density at radius 2 is 2.37 bits per heavy atom. The zero-order valence-electron chi connectivity index (χ0n) is 11.5. The van der Waals surface area contributed by atoms with Crippen molar-refractivity contribution in [2.75, 3.05) is 19.3 Å². The van der Waals surface area contributed by atoms with Gasteiger partial charge in [-0.3, -0.25) is 4.79 Å². The average molecular weight is 279 g/mol. The fourth-order valence-electron chi connectivity index (χ4n) is 2.51. The number of hydrogen-bond donors (Lipinski definition) is 1. The van der Waals surface area contributed by atoms with Crippen LogP contribution in [-0.4, -0.2) is 41.4 Å². The minimum atomic E-state index is -0.333. The minimum absolute atomic E-state index is 0.0890. The maximum Gasteiger partial charge on any atom is 0.253 e. The van der Waals surface area contributed by atoms with E-state index in [0.29, 0.717) is 6.54 Å². The molecule has 1 aromatic carbocycles. The molecule has 0 aliphatic carbocycles. The van der Waals surface area contributed by atoms with Crippen molar-refractivity contribution in [2.24, 2.45) is 5.92 Å². The third-order valence-corrected chi connectivity index (χ3v) is 4.30. The number of aliphatic hydroxyl groups is 1. The van der Waals surface area contributed by atoms with Gasteiger partial charge >= 0.3 is 0 Å². The van der Waals surface area contributed by atoms with E-state index in [-0.39, 0.29) is 17.9 Å². The molecular weight excluding hydrogens is 258 g/mol. The lowest BCUT2D eigenvalue weighted by Crippen LogP contribution is -2.30. The van der Waals surface area contributed by atoms with Crippen LogP contribution in [0.3, 0.4) is 0 Å². The number of rotatable bonds is 4. The lowest BCUT2D eigenvalue weighted by Gasteiger charge is -2.18. The molecule has 1 aliphatic rings. The smallest absolute Gasteiger partial charge is 0.253 e. The van der Waals surface area contributed by atoms with Crippen molar-refractivity contribution in [2.45, 2.75) is 25.2 Å². The van der Waals surface area contributed by atoms with Gasteiger partial charge in [0.25, 0.3) is 5.91 Å². The summed E-state index contributed by atoms with van der Waals surface area (Å²) in [7, 11) is 0. The predicted molar refractivity (Wildman–Crippen MR) is 79.4 cm³/mol. The molecule has 1 N–H and O–H groups in total. The van der Waals surface area contributed by atoms with Crippen molar-refractivity contribution in [1.29, 1.82) is 0 Å². The molecule has 3 nitrogen and oxygen atoms in total. The first-order valence-electron chi connectivity index (χ1n) is 6.67. The first kappa shape index (κ1) is 14.4. The van der Waals surface area contributed by atoms with Gasteiger partial charge in [-0.25, -0.2) is 0 Å². The van der Waals surface area contributed by atoms with Gasteiger partial charge in [0.2, 0.25) is 0 Å². The van der Waals surface area contributed by atoms with Crippen molar-refractivity contribution in [1.82, 2.24) is 4.90 Å². The molecule has 2 rings (SSSR count). The molecule has 2 atom stereocenters. The zero-order chi connectivity index (χ0) is 13.8. The molecule has 1 heterocycles. The molecule has 0 radical (unpaired) electrons. The molecule has 0 aromatic heterocycles. The monoisotopic (exact) mass is 279 g/mol. The Morgan fingerprint density at radius 1 is 1.58 bits per heavy atom. The number of nitrogens with zero attached hydrogens (tertiary/aromatic N) is 1. The van der Waals surface area contributed by atoms with Crippen LogP contribution in [0.2, 0.25) is 0 Å². The quantitative estimate of drug-likeness (QED) is 0.920. The Balaban J connectivity index is 2.06. The van der Waals surface area contributed by atoms with Crippen LogP contribution in [0.4, 0.5) is 0 Å². The number of amides is 1. The average Bonchev–Trinajstić information content (AvgIpc) is 2.88. The van der Waals surface area contributed by atoms with Crippen molar-refractivity contribution in [3.8, 4) is 0 Å². The Hall–Kier alpha value is -1.00. The fourth-order valence-corrected chi connectivity index (χ4v) is 3.02. The first-order valence-corrected chi connectivity index (χ1v) is 8.06. The molecule has 1 saturated heterocycles. The predicted octanol–water partition coefficient (Wildman–Crippen LogP) is 2.39. The zero-order valence-corrected chi connectivity index (χ0v) is 12.3. The van der Waals surface area contributed by atoms with E-state index in [0.717, 1.165) is 24.3 Å².